The number of aromatic nitrogens is 4. The highest BCUT2D eigenvalue weighted by molar-refractivity contribution is 6.24. The molecule has 0 saturated heterocycles. The molecular formula is C29H28F4N8O. The maximum absolute atomic E-state index is 13.8. The van der Waals surface area contributed by atoms with Gasteiger partial charge in [0.25, 0.3) is 11.8 Å². The maximum atomic E-state index is 13.8. The van der Waals surface area contributed by atoms with Gasteiger partial charge in [0, 0.05) is 23.5 Å². The number of rotatable bonds is 9. The zero-order valence-corrected chi connectivity index (χ0v) is 22.6. The molecule has 218 valence electrons. The van der Waals surface area contributed by atoms with Crippen LogP contribution in [-0.4, -0.2) is 51.0 Å². The van der Waals surface area contributed by atoms with Gasteiger partial charge in [0.1, 0.15) is 23.3 Å². The molecule has 1 aliphatic rings. The van der Waals surface area contributed by atoms with E-state index in [1.165, 1.54) is 6.07 Å². The number of amides is 1. The molecule has 5 N–H and O–H groups in total. The summed E-state index contributed by atoms with van der Waals surface area (Å²) in [4.78, 5) is 25.4. The van der Waals surface area contributed by atoms with Crippen LogP contribution in [0.5, 0.6) is 0 Å². The largest absolute Gasteiger partial charge is 0.384 e. The first-order valence-electron chi connectivity index (χ1n) is 12.8. The second kappa shape index (κ2) is 13.1. The monoisotopic (exact) mass is 580 g/mol. The Morgan fingerprint density at radius 3 is 2.81 bits per heavy atom. The minimum atomic E-state index is -3.70. The fraction of sp³-hybridized carbons (Fsp3) is 0.207. The number of nitrogens with zero attached hydrogens (tertiary/aromatic N) is 4. The number of hydrogen-bond acceptors (Lipinski definition) is 6. The second-order valence-electron chi connectivity index (χ2n) is 9.39. The summed E-state index contributed by atoms with van der Waals surface area (Å²) in [5.41, 5.74) is 8.21. The number of amidine groups is 1. The Labute approximate surface area is 238 Å². The van der Waals surface area contributed by atoms with Crippen LogP contribution in [0.25, 0.3) is 16.6 Å². The van der Waals surface area contributed by atoms with E-state index in [0.717, 1.165) is 42.1 Å². The van der Waals surface area contributed by atoms with Crippen molar-refractivity contribution in [2.45, 2.75) is 25.7 Å². The van der Waals surface area contributed by atoms with Gasteiger partial charge in [-0.3, -0.25) is 14.9 Å². The van der Waals surface area contributed by atoms with E-state index in [4.69, 9.17) is 5.73 Å². The number of aromatic amines is 1. The number of anilines is 2. The Hall–Kier alpha value is -5.07. The molecule has 3 heterocycles. The number of fused-ring (bicyclic) bond motifs is 1. The molecule has 0 bridgehead atoms. The van der Waals surface area contributed by atoms with Crippen molar-refractivity contribution in [2.75, 3.05) is 24.3 Å². The summed E-state index contributed by atoms with van der Waals surface area (Å²) < 4.78 is 53.6. The molecule has 0 saturated carbocycles. The third-order valence-corrected chi connectivity index (χ3v) is 6.34. The zero-order valence-electron chi connectivity index (χ0n) is 22.6. The Morgan fingerprint density at radius 1 is 1.26 bits per heavy atom. The van der Waals surface area contributed by atoms with Gasteiger partial charge in [-0.2, -0.15) is 13.9 Å². The predicted octanol–water partition coefficient (Wildman–Crippen LogP) is 5.43. The van der Waals surface area contributed by atoms with Crippen LogP contribution >= 0.6 is 0 Å². The molecule has 0 aromatic carbocycles. The number of alkyl halides is 3. The van der Waals surface area contributed by atoms with E-state index in [1.54, 1.807) is 6.20 Å². The molecule has 0 spiro atoms. The lowest BCUT2D eigenvalue weighted by molar-refractivity contribution is -0.112. The molecule has 0 aliphatic heterocycles. The minimum absolute atomic E-state index is 0.0506. The van der Waals surface area contributed by atoms with Gasteiger partial charge in [-0.1, -0.05) is 30.9 Å². The van der Waals surface area contributed by atoms with Crippen LogP contribution in [0.15, 0.2) is 89.4 Å². The number of hydrogen-bond donors (Lipinski definition) is 4. The molecule has 9 nitrogen and oxygen atoms in total. The van der Waals surface area contributed by atoms with Crippen molar-refractivity contribution in [1.29, 1.82) is 0 Å². The van der Waals surface area contributed by atoms with Gasteiger partial charge in [-0.15, -0.1) is 0 Å². The third kappa shape index (κ3) is 7.36. The molecule has 3 aromatic heterocycles. The van der Waals surface area contributed by atoms with Crippen LogP contribution in [-0.2, 0) is 4.79 Å². The summed E-state index contributed by atoms with van der Waals surface area (Å²) in [6.45, 7) is 3.00. The van der Waals surface area contributed by atoms with Crippen molar-refractivity contribution >= 4 is 40.0 Å². The molecule has 13 heteroatoms. The molecule has 0 atom stereocenters. The highest BCUT2D eigenvalue weighted by Crippen LogP contribution is 2.25. The zero-order chi connectivity index (χ0) is 30.3. The first kappa shape index (κ1) is 29.9. The fourth-order valence-electron chi connectivity index (χ4n) is 3.77. The van der Waals surface area contributed by atoms with Crippen molar-refractivity contribution in [3.05, 3.63) is 95.8 Å². The van der Waals surface area contributed by atoms with Gasteiger partial charge in [-0.05, 0) is 49.1 Å². The number of nitrogens with two attached hydrogens (primary N) is 1. The molecule has 42 heavy (non-hydrogen) atoms. The Kier molecular flexibility index (Phi) is 9.30. The average Bonchev–Trinajstić information content (AvgIpc) is 3.34. The van der Waals surface area contributed by atoms with E-state index in [9.17, 15) is 22.4 Å². The van der Waals surface area contributed by atoms with Crippen LogP contribution in [0, 0.1) is 5.82 Å². The maximum Gasteiger partial charge on any atom is 0.298 e. The van der Waals surface area contributed by atoms with Crippen LogP contribution < -0.4 is 16.4 Å². The number of allylic oxidation sites excluding steroid dienone is 6. The highest BCUT2D eigenvalue weighted by Gasteiger charge is 2.31. The Bertz CT molecular complexity index is 1630. The standard InChI is InChI=1S/C29H28F4N8O/c1-17(29(32,33)16-30)12-36-26(18(2)28(42)39-24-10-9-22(31)15-35-24)37-13-19-5-3-4-6-20(8-7-19)21-11-23-25(34)40-41-27(23)38-14-21/h4,6-12,14-15H,2-3,5,13,16H2,1H3,(H,36,37)(H,35,39,42)(H3,34,38,40,41)/b6-4-,17-12+,19-7+,20-8+. The summed E-state index contributed by atoms with van der Waals surface area (Å²) in [6.07, 6.45) is 12.5. The lowest BCUT2D eigenvalue weighted by atomic mass is 10.0. The number of nitrogens with one attached hydrogen (secondary N) is 3. The number of aliphatic imine (C=N–C) groups is 1. The van der Waals surface area contributed by atoms with E-state index < -0.39 is 29.9 Å². The van der Waals surface area contributed by atoms with Gasteiger partial charge < -0.3 is 16.4 Å². The summed E-state index contributed by atoms with van der Waals surface area (Å²) >= 11 is 0. The number of carbonyl (C=O) groups excluding carboxylic acids is 1. The number of nitrogen functional groups attached to an aromatic ring is 1. The van der Waals surface area contributed by atoms with Crippen molar-refractivity contribution in [2.24, 2.45) is 4.99 Å². The molecular weight excluding hydrogens is 552 g/mol. The summed E-state index contributed by atoms with van der Waals surface area (Å²) in [6, 6.07) is 4.24. The topological polar surface area (TPSA) is 134 Å². The smallest absolute Gasteiger partial charge is 0.298 e. The molecule has 4 rings (SSSR count). The van der Waals surface area contributed by atoms with Crippen LogP contribution in [0.3, 0.4) is 0 Å². The minimum Gasteiger partial charge on any atom is -0.384 e. The lowest BCUT2D eigenvalue weighted by Gasteiger charge is -2.15. The second-order valence-corrected chi connectivity index (χ2v) is 9.39. The van der Waals surface area contributed by atoms with E-state index in [2.05, 4.69) is 42.4 Å². The van der Waals surface area contributed by atoms with E-state index in [1.807, 2.05) is 30.4 Å². The quantitative estimate of drug-likeness (QED) is 0.116. The summed E-state index contributed by atoms with van der Waals surface area (Å²) in [7, 11) is 0. The molecule has 0 radical (unpaired) electrons. The molecule has 1 amide bonds. The molecule has 3 aromatic rings. The summed E-state index contributed by atoms with van der Waals surface area (Å²) in [5.74, 6) is -4.69. The SMILES string of the molecule is C=C(C(=O)Nc1ccc(F)cn1)C(=NC/C1=C/C=C(c2cnc3n[nH]c(N)c3c2)\C=C/CC1)N/C=C(\C)C(F)(F)CF. The van der Waals surface area contributed by atoms with E-state index >= 15 is 0 Å². The van der Waals surface area contributed by atoms with Crippen LogP contribution in [0.4, 0.5) is 29.2 Å². The number of pyridine rings is 2. The third-order valence-electron chi connectivity index (χ3n) is 6.34. The van der Waals surface area contributed by atoms with E-state index in [-0.39, 0.29) is 23.8 Å². The van der Waals surface area contributed by atoms with Gasteiger partial charge in [0.05, 0.1) is 23.7 Å². The number of carbonyl (C=O) groups is 1. The van der Waals surface area contributed by atoms with Gasteiger partial charge in [0.2, 0.25) is 0 Å². The average molecular weight is 581 g/mol. The number of H-pyrrole nitrogens is 1. The van der Waals surface area contributed by atoms with Crippen LogP contribution in [0.1, 0.15) is 25.3 Å². The summed E-state index contributed by atoms with van der Waals surface area (Å²) in [5, 5.41) is 12.5. The van der Waals surface area contributed by atoms with Crippen molar-refractivity contribution < 1.29 is 22.4 Å². The molecule has 0 unspecified atom stereocenters. The predicted molar refractivity (Wildman–Crippen MR) is 155 cm³/mol. The van der Waals surface area contributed by atoms with E-state index in [0.29, 0.717) is 29.7 Å². The Morgan fingerprint density at radius 2 is 2.07 bits per heavy atom. The van der Waals surface area contributed by atoms with Crippen molar-refractivity contribution in [1.82, 2.24) is 25.5 Å². The Balaban J connectivity index is 1.59. The van der Waals surface area contributed by atoms with Gasteiger partial charge >= 0.3 is 0 Å². The molecule has 0 fully saturated rings. The van der Waals surface area contributed by atoms with Gasteiger partial charge in [0.15, 0.2) is 12.3 Å². The lowest BCUT2D eigenvalue weighted by Crippen LogP contribution is -2.30. The molecule has 1 aliphatic carbocycles. The highest BCUT2D eigenvalue weighted by atomic mass is 19.3. The fourth-order valence-corrected chi connectivity index (χ4v) is 3.77. The first-order valence-corrected chi connectivity index (χ1v) is 12.8. The van der Waals surface area contributed by atoms with Crippen LogP contribution in [0.2, 0.25) is 0 Å². The number of halogens is 4. The van der Waals surface area contributed by atoms with Gasteiger partial charge in [-0.25, -0.2) is 18.7 Å². The van der Waals surface area contributed by atoms with Crippen molar-refractivity contribution in [3.63, 3.8) is 0 Å². The van der Waals surface area contributed by atoms with Crippen molar-refractivity contribution in [3.8, 4) is 0 Å². The normalized spacial score (nSPS) is 17.8. The first-order chi connectivity index (χ1) is 20.1.